The first kappa shape index (κ1) is 16.9. The van der Waals surface area contributed by atoms with Crippen LogP contribution in [-0.4, -0.2) is 26.9 Å². The number of rotatable bonds is 5. The van der Waals surface area contributed by atoms with Crippen molar-refractivity contribution in [2.75, 3.05) is 6.61 Å². The van der Waals surface area contributed by atoms with Crippen LogP contribution in [-0.2, 0) is 0 Å². The fourth-order valence-electron chi connectivity index (χ4n) is 1.85. The maximum atomic E-state index is 9.93. The van der Waals surface area contributed by atoms with Gasteiger partial charge in [-0.3, -0.25) is 5.01 Å². The van der Waals surface area contributed by atoms with Crippen molar-refractivity contribution in [3.63, 3.8) is 0 Å². The summed E-state index contributed by atoms with van der Waals surface area (Å²) < 4.78 is 0. The summed E-state index contributed by atoms with van der Waals surface area (Å²) in [4.78, 5) is 0. The van der Waals surface area contributed by atoms with E-state index in [4.69, 9.17) is 16.7 Å². The van der Waals surface area contributed by atoms with E-state index in [0.29, 0.717) is 16.8 Å². The van der Waals surface area contributed by atoms with Crippen LogP contribution in [0.2, 0.25) is 0 Å². The predicted molar refractivity (Wildman–Crippen MR) is 82.9 cm³/mol. The molecule has 0 aliphatic rings. The topological polar surface area (TPSA) is 116 Å². The first-order valence-corrected chi connectivity index (χ1v) is 6.63. The molecule has 1 rings (SSSR count). The van der Waals surface area contributed by atoms with Gasteiger partial charge in [0.15, 0.2) is 0 Å². The third-order valence-corrected chi connectivity index (χ3v) is 3.15. The molecule has 0 aliphatic heterocycles. The number of nitrogens with two attached hydrogens (primary N) is 2. The van der Waals surface area contributed by atoms with Crippen LogP contribution in [0.15, 0.2) is 30.1 Å². The molecule has 0 spiro atoms. The Bertz CT molecular complexity index is 566. The second-order valence-corrected chi connectivity index (χ2v) is 5.10. The lowest BCUT2D eigenvalue weighted by atomic mass is 9.98. The number of aliphatic hydroxyl groups is 1. The van der Waals surface area contributed by atoms with Crippen LogP contribution in [0.25, 0.3) is 5.70 Å². The zero-order chi connectivity index (χ0) is 16.2. The Labute approximate surface area is 124 Å². The molecule has 0 atom stereocenters. The summed E-state index contributed by atoms with van der Waals surface area (Å²) in [6, 6.07) is 2.91. The number of hydrogen-bond acceptors (Lipinski definition) is 6. The number of hydrogen-bond donors (Lipinski definition) is 5. The van der Waals surface area contributed by atoms with Gasteiger partial charge in [-0.25, -0.2) is 5.84 Å². The fourth-order valence-corrected chi connectivity index (χ4v) is 1.85. The standard InChI is InChI=1S/C15H23N3O3/c1-9(2)11-6-12(15(21)7-14(11)20)13(16)8-18(17)10(3)4-5-19/h4,6-9,19-21H,5,16-17H2,1-3H3/b10-4+,13-8-. The lowest BCUT2D eigenvalue weighted by Crippen LogP contribution is -2.24. The zero-order valence-corrected chi connectivity index (χ0v) is 12.5. The maximum Gasteiger partial charge on any atom is 0.128 e. The molecule has 6 heteroatoms. The molecule has 21 heavy (non-hydrogen) atoms. The van der Waals surface area contributed by atoms with Crippen molar-refractivity contribution >= 4 is 5.70 Å². The van der Waals surface area contributed by atoms with Crippen LogP contribution in [0, 0.1) is 0 Å². The Morgan fingerprint density at radius 1 is 1.29 bits per heavy atom. The Balaban J connectivity index is 3.21. The maximum absolute atomic E-state index is 9.93. The van der Waals surface area contributed by atoms with Crippen LogP contribution in [0.4, 0.5) is 0 Å². The molecule has 0 aromatic heterocycles. The van der Waals surface area contributed by atoms with E-state index < -0.39 is 0 Å². The third kappa shape index (κ3) is 4.14. The van der Waals surface area contributed by atoms with Gasteiger partial charge in [-0.1, -0.05) is 13.8 Å². The normalized spacial score (nSPS) is 12.9. The molecule has 0 bridgehead atoms. The molecule has 6 nitrogen and oxygen atoms in total. The molecule has 1 aromatic rings. The van der Waals surface area contributed by atoms with E-state index in [1.807, 2.05) is 13.8 Å². The number of aromatic hydroxyl groups is 2. The SMILES string of the molecule is C/C(=C\CO)N(N)/C=C(\N)c1cc(C(C)C)c(O)cc1O. The van der Waals surface area contributed by atoms with Gasteiger partial charge in [0.25, 0.3) is 0 Å². The summed E-state index contributed by atoms with van der Waals surface area (Å²) in [6.07, 6.45) is 2.97. The van der Waals surface area contributed by atoms with Gasteiger partial charge in [0.2, 0.25) is 0 Å². The molecule has 0 aliphatic carbocycles. The number of aliphatic hydroxyl groups excluding tert-OH is 1. The van der Waals surface area contributed by atoms with E-state index >= 15 is 0 Å². The van der Waals surface area contributed by atoms with E-state index in [2.05, 4.69) is 0 Å². The van der Waals surface area contributed by atoms with Gasteiger partial charge in [-0.05, 0) is 30.5 Å². The highest BCUT2D eigenvalue weighted by Gasteiger charge is 2.13. The zero-order valence-electron chi connectivity index (χ0n) is 12.5. The largest absolute Gasteiger partial charge is 0.508 e. The van der Waals surface area contributed by atoms with Crippen molar-refractivity contribution in [1.82, 2.24) is 5.01 Å². The molecule has 0 fully saturated rings. The lowest BCUT2D eigenvalue weighted by molar-refractivity contribution is 0.337. The Hall–Kier alpha value is -2.18. The molecular weight excluding hydrogens is 270 g/mol. The summed E-state index contributed by atoms with van der Waals surface area (Å²) in [5.74, 6) is 5.78. The smallest absolute Gasteiger partial charge is 0.128 e. The lowest BCUT2D eigenvalue weighted by Gasteiger charge is -2.17. The van der Waals surface area contributed by atoms with Crippen molar-refractivity contribution in [2.24, 2.45) is 11.6 Å². The summed E-state index contributed by atoms with van der Waals surface area (Å²) in [7, 11) is 0. The second kappa shape index (κ2) is 7.01. The number of phenolic OH excluding ortho intramolecular Hbond substituents is 2. The molecular formula is C15H23N3O3. The van der Waals surface area contributed by atoms with Crippen molar-refractivity contribution in [2.45, 2.75) is 26.7 Å². The number of benzene rings is 1. The van der Waals surface area contributed by atoms with E-state index in [0.717, 1.165) is 0 Å². The highest BCUT2D eigenvalue weighted by molar-refractivity contribution is 5.70. The minimum absolute atomic E-state index is 0.0278. The quantitative estimate of drug-likeness (QED) is 0.415. The molecule has 0 saturated heterocycles. The molecule has 0 saturated carbocycles. The minimum Gasteiger partial charge on any atom is -0.508 e. The van der Waals surface area contributed by atoms with Crippen molar-refractivity contribution in [3.05, 3.63) is 41.2 Å². The average Bonchev–Trinajstić information content (AvgIpc) is 2.38. The minimum atomic E-state index is -0.130. The molecule has 0 heterocycles. The van der Waals surface area contributed by atoms with Gasteiger partial charge in [0.05, 0.1) is 12.3 Å². The third-order valence-electron chi connectivity index (χ3n) is 3.15. The van der Waals surface area contributed by atoms with Gasteiger partial charge in [-0.15, -0.1) is 0 Å². The summed E-state index contributed by atoms with van der Waals surface area (Å²) in [6.45, 7) is 5.45. The Morgan fingerprint density at radius 3 is 2.43 bits per heavy atom. The average molecular weight is 293 g/mol. The molecule has 0 amide bonds. The van der Waals surface area contributed by atoms with Crippen LogP contribution < -0.4 is 11.6 Å². The van der Waals surface area contributed by atoms with Crippen molar-refractivity contribution in [1.29, 1.82) is 0 Å². The predicted octanol–water partition coefficient (Wildman–Crippen LogP) is 1.55. The summed E-state index contributed by atoms with van der Waals surface area (Å²) in [5, 5.41) is 29.8. The molecule has 0 unspecified atom stereocenters. The fraction of sp³-hybridized carbons (Fsp3) is 0.333. The van der Waals surface area contributed by atoms with E-state index in [1.165, 1.54) is 23.4 Å². The van der Waals surface area contributed by atoms with E-state index in [1.54, 1.807) is 13.0 Å². The van der Waals surface area contributed by atoms with Crippen LogP contribution in [0.5, 0.6) is 11.5 Å². The first-order chi connectivity index (χ1) is 9.77. The van der Waals surface area contributed by atoms with Crippen LogP contribution >= 0.6 is 0 Å². The Morgan fingerprint density at radius 2 is 1.90 bits per heavy atom. The van der Waals surface area contributed by atoms with Gasteiger partial charge < -0.3 is 21.1 Å². The first-order valence-electron chi connectivity index (χ1n) is 6.63. The molecule has 1 aromatic carbocycles. The van der Waals surface area contributed by atoms with E-state index in [9.17, 15) is 10.2 Å². The number of allylic oxidation sites excluding steroid dienone is 1. The van der Waals surface area contributed by atoms with Gasteiger partial charge in [0, 0.05) is 23.5 Å². The second-order valence-electron chi connectivity index (χ2n) is 5.10. The summed E-state index contributed by atoms with van der Waals surface area (Å²) >= 11 is 0. The van der Waals surface area contributed by atoms with Crippen molar-refractivity contribution < 1.29 is 15.3 Å². The molecule has 7 N–H and O–H groups in total. The van der Waals surface area contributed by atoms with Gasteiger partial charge in [0.1, 0.15) is 11.5 Å². The van der Waals surface area contributed by atoms with Gasteiger partial charge >= 0.3 is 0 Å². The van der Waals surface area contributed by atoms with Crippen LogP contribution in [0.3, 0.4) is 0 Å². The monoisotopic (exact) mass is 293 g/mol. The van der Waals surface area contributed by atoms with Gasteiger partial charge in [-0.2, -0.15) is 0 Å². The number of phenols is 2. The van der Waals surface area contributed by atoms with Crippen LogP contribution in [0.1, 0.15) is 37.8 Å². The highest BCUT2D eigenvalue weighted by Crippen LogP contribution is 2.34. The summed E-state index contributed by atoms with van der Waals surface area (Å²) in [5.41, 5.74) is 7.90. The Kier molecular flexibility index (Phi) is 5.63. The van der Waals surface area contributed by atoms with E-state index in [-0.39, 0.29) is 29.7 Å². The highest BCUT2D eigenvalue weighted by atomic mass is 16.3. The number of nitrogens with zero attached hydrogens (tertiary/aromatic N) is 1. The van der Waals surface area contributed by atoms with Crippen molar-refractivity contribution in [3.8, 4) is 11.5 Å². The molecule has 0 radical (unpaired) electrons. The molecule has 116 valence electrons. The number of hydrazine groups is 1.